The van der Waals surface area contributed by atoms with Crippen LogP contribution in [-0.4, -0.2) is 17.7 Å². The molecule has 0 spiro atoms. The number of benzene rings is 2. The van der Waals surface area contributed by atoms with E-state index in [-0.39, 0.29) is 5.69 Å². The minimum Gasteiger partial charge on any atom is -0.399 e. The van der Waals surface area contributed by atoms with E-state index in [2.05, 4.69) is 5.32 Å². The van der Waals surface area contributed by atoms with Gasteiger partial charge in [-0.3, -0.25) is 14.4 Å². The molecule has 0 aliphatic carbocycles. The second-order valence-electron chi connectivity index (χ2n) is 4.92. The van der Waals surface area contributed by atoms with Crippen LogP contribution in [0.3, 0.4) is 0 Å². The molecule has 2 rings (SSSR count). The zero-order chi connectivity index (χ0) is 18.4. The molecule has 2 aromatic rings. The standard InChI is InChI=1S/C17H14N4O3S/c1-11(22)21(14-6-2-12(19)3-7-14)17(24)16(23)20-13-4-8-15(9-5-13)25-10-18/h2-9H,19H2,1H3,(H,20,23). The van der Waals surface area contributed by atoms with Gasteiger partial charge in [-0.15, -0.1) is 0 Å². The number of nitrogens with one attached hydrogen (secondary N) is 1. The van der Waals surface area contributed by atoms with Gasteiger partial charge in [-0.1, -0.05) is 0 Å². The Morgan fingerprint density at radius 2 is 1.68 bits per heavy atom. The summed E-state index contributed by atoms with van der Waals surface area (Å²) in [5.41, 5.74) is 6.69. The van der Waals surface area contributed by atoms with Gasteiger partial charge in [0.1, 0.15) is 5.40 Å². The second kappa shape index (κ2) is 7.99. The third kappa shape index (κ3) is 4.59. The molecule has 0 saturated heterocycles. The molecule has 8 heteroatoms. The Balaban J connectivity index is 2.16. The van der Waals surface area contributed by atoms with Crippen LogP contribution in [0, 0.1) is 10.7 Å². The number of hydrogen-bond donors (Lipinski definition) is 2. The van der Waals surface area contributed by atoms with Crippen LogP contribution in [0.5, 0.6) is 0 Å². The Kier molecular flexibility index (Phi) is 5.76. The van der Waals surface area contributed by atoms with Gasteiger partial charge in [0, 0.05) is 23.2 Å². The van der Waals surface area contributed by atoms with Crippen LogP contribution >= 0.6 is 11.8 Å². The fraction of sp³-hybridized carbons (Fsp3) is 0.0588. The average Bonchev–Trinajstić information content (AvgIpc) is 2.58. The highest BCUT2D eigenvalue weighted by molar-refractivity contribution is 8.03. The van der Waals surface area contributed by atoms with Gasteiger partial charge < -0.3 is 11.1 Å². The first-order valence-corrected chi connectivity index (χ1v) is 7.91. The SMILES string of the molecule is CC(=O)N(C(=O)C(=O)Nc1ccc(SC#N)cc1)c1ccc(N)cc1. The zero-order valence-corrected chi connectivity index (χ0v) is 14.0. The summed E-state index contributed by atoms with van der Waals surface area (Å²) in [4.78, 5) is 37.8. The molecule has 0 saturated carbocycles. The normalized spacial score (nSPS) is 9.76. The number of hydrogen-bond acceptors (Lipinski definition) is 6. The third-order valence-corrected chi connectivity index (χ3v) is 3.74. The van der Waals surface area contributed by atoms with Crippen molar-refractivity contribution in [3.63, 3.8) is 0 Å². The molecule has 7 nitrogen and oxygen atoms in total. The number of carbonyl (C=O) groups excluding carboxylic acids is 3. The van der Waals surface area contributed by atoms with Crippen LogP contribution in [0.15, 0.2) is 53.4 Å². The molecule has 0 fully saturated rings. The number of nitrogens with zero attached hydrogens (tertiary/aromatic N) is 2. The molecule has 25 heavy (non-hydrogen) atoms. The van der Waals surface area contributed by atoms with Crippen molar-refractivity contribution in [2.75, 3.05) is 16.0 Å². The van der Waals surface area contributed by atoms with Crippen molar-refractivity contribution in [2.24, 2.45) is 0 Å². The number of nitrogen functional groups attached to an aromatic ring is 1. The first-order valence-electron chi connectivity index (χ1n) is 7.10. The van der Waals surface area contributed by atoms with Crippen molar-refractivity contribution in [1.29, 1.82) is 5.26 Å². The second-order valence-corrected chi connectivity index (χ2v) is 5.78. The lowest BCUT2D eigenvalue weighted by Gasteiger charge is -2.18. The Morgan fingerprint density at radius 3 is 2.20 bits per heavy atom. The summed E-state index contributed by atoms with van der Waals surface area (Å²) >= 11 is 0.979. The Labute approximate surface area is 148 Å². The maximum absolute atomic E-state index is 12.4. The van der Waals surface area contributed by atoms with Crippen molar-refractivity contribution in [2.45, 2.75) is 11.8 Å². The van der Waals surface area contributed by atoms with E-state index in [1.165, 1.54) is 31.2 Å². The van der Waals surface area contributed by atoms with Crippen molar-refractivity contribution in [3.05, 3.63) is 48.5 Å². The first-order chi connectivity index (χ1) is 11.9. The highest BCUT2D eigenvalue weighted by Crippen LogP contribution is 2.20. The average molecular weight is 354 g/mol. The Hall–Kier alpha value is -3.31. The summed E-state index contributed by atoms with van der Waals surface area (Å²) in [7, 11) is 0. The van der Waals surface area contributed by atoms with E-state index in [1.807, 2.05) is 5.40 Å². The number of rotatable bonds is 3. The van der Waals surface area contributed by atoms with E-state index in [9.17, 15) is 14.4 Å². The van der Waals surface area contributed by atoms with Crippen LogP contribution in [0.1, 0.15) is 6.92 Å². The summed E-state index contributed by atoms with van der Waals surface area (Å²) in [6.45, 7) is 1.19. The summed E-state index contributed by atoms with van der Waals surface area (Å²) < 4.78 is 0. The maximum atomic E-state index is 12.4. The summed E-state index contributed by atoms with van der Waals surface area (Å²) in [6, 6.07) is 12.4. The lowest BCUT2D eigenvalue weighted by Crippen LogP contribution is -2.42. The molecule has 2 aromatic carbocycles. The molecule has 0 aromatic heterocycles. The van der Waals surface area contributed by atoms with Gasteiger partial charge in [0.15, 0.2) is 0 Å². The molecule has 0 radical (unpaired) electrons. The van der Waals surface area contributed by atoms with Crippen molar-refractivity contribution >= 4 is 46.5 Å². The van der Waals surface area contributed by atoms with Crippen molar-refractivity contribution in [3.8, 4) is 5.40 Å². The van der Waals surface area contributed by atoms with Crippen LogP contribution < -0.4 is 16.0 Å². The van der Waals surface area contributed by atoms with E-state index in [4.69, 9.17) is 11.0 Å². The van der Waals surface area contributed by atoms with Gasteiger partial charge in [-0.05, 0) is 60.3 Å². The van der Waals surface area contributed by atoms with Crippen LogP contribution in [0.4, 0.5) is 17.1 Å². The highest BCUT2D eigenvalue weighted by atomic mass is 32.2. The van der Waals surface area contributed by atoms with Gasteiger partial charge in [0.2, 0.25) is 5.91 Å². The molecule has 0 aliphatic heterocycles. The number of nitrogens with two attached hydrogens (primary N) is 1. The fourth-order valence-electron chi connectivity index (χ4n) is 2.01. The third-order valence-electron chi connectivity index (χ3n) is 3.14. The summed E-state index contributed by atoms with van der Waals surface area (Å²) in [6.07, 6.45) is 0. The Bertz CT molecular complexity index is 842. The molecule has 3 amide bonds. The van der Waals surface area contributed by atoms with E-state index in [1.54, 1.807) is 24.3 Å². The number of anilines is 3. The number of imide groups is 1. The number of thiocyanates is 1. The van der Waals surface area contributed by atoms with Gasteiger partial charge in [-0.2, -0.15) is 5.26 Å². The van der Waals surface area contributed by atoms with E-state index in [0.29, 0.717) is 16.3 Å². The maximum Gasteiger partial charge on any atom is 0.323 e. The number of nitriles is 1. The van der Waals surface area contributed by atoms with Gasteiger partial charge >= 0.3 is 11.8 Å². The largest absolute Gasteiger partial charge is 0.399 e. The highest BCUT2D eigenvalue weighted by Gasteiger charge is 2.26. The molecular formula is C17H14N4O3S. The molecule has 126 valence electrons. The van der Waals surface area contributed by atoms with Crippen molar-refractivity contribution < 1.29 is 14.4 Å². The predicted octanol–water partition coefficient (Wildman–Crippen LogP) is 2.36. The lowest BCUT2D eigenvalue weighted by atomic mass is 10.2. The molecule has 0 aliphatic rings. The topological polar surface area (TPSA) is 116 Å². The quantitative estimate of drug-likeness (QED) is 0.378. The van der Waals surface area contributed by atoms with Crippen LogP contribution in [-0.2, 0) is 14.4 Å². The fourth-order valence-corrected chi connectivity index (χ4v) is 2.39. The van der Waals surface area contributed by atoms with E-state index < -0.39 is 17.7 Å². The lowest BCUT2D eigenvalue weighted by molar-refractivity contribution is -0.136. The predicted molar refractivity (Wildman–Crippen MR) is 95.6 cm³/mol. The molecule has 3 N–H and O–H groups in total. The van der Waals surface area contributed by atoms with Crippen LogP contribution in [0.25, 0.3) is 0 Å². The van der Waals surface area contributed by atoms with E-state index in [0.717, 1.165) is 16.7 Å². The zero-order valence-electron chi connectivity index (χ0n) is 13.2. The smallest absolute Gasteiger partial charge is 0.323 e. The van der Waals surface area contributed by atoms with Crippen molar-refractivity contribution in [1.82, 2.24) is 0 Å². The number of carbonyl (C=O) groups is 3. The Morgan fingerprint density at radius 1 is 1.08 bits per heavy atom. The minimum absolute atomic E-state index is 0.252. The molecular weight excluding hydrogens is 340 g/mol. The van der Waals surface area contributed by atoms with Crippen LogP contribution in [0.2, 0.25) is 0 Å². The number of amides is 3. The van der Waals surface area contributed by atoms with Gasteiger partial charge in [-0.25, -0.2) is 4.90 Å². The monoisotopic (exact) mass is 354 g/mol. The first kappa shape index (κ1) is 18.0. The summed E-state index contributed by atoms with van der Waals surface area (Å²) in [5, 5.41) is 13.0. The molecule has 0 unspecified atom stereocenters. The minimum atomic E-state index is -1.01. The molecule has 0 heterocycles. The van der Waals surface area contributed by atoms with Gasteiger partial charge in [0.05, 0.1) is 5.69 Å². The van der Waals surface area contributed by atoms with Gasteiger partial charge in [0.25, 0.3) is 0 Å². The molecule has 0 atom stereocenters. The van der Waals surface area contributed by atoms with E-state index >= 15 is 0 Å². The molecule has 0 bridgehead atoms. The summed E-state index contributed by atoms with van der Waals surface area (Å²) in [5.74, 6) is -2.55. The number of thioether (sulfide) groups is 1.